The maximum absolute atomic E-state index is 14.2. The van der Waals surface area contributed by atoms with Gasteiger partial charge in [-0.3, -0.25) is 19.1 Å². The molecule has 1 saturated heterocycles. The van der Waals surface area contributed by atoms with E-state index in [9.17, 15) is 32.0 Å². The summed E-state index contributed by atoms with van der Waals surface area (Å²) in [4.78, 5) is 49.1. The lowest BCUT2D eigenvalue weighted by Gasteiger charge is -2.46. The zero-order chi connectivity index (χ0) is 43.0. The number of fused-ring (bicyclic) bond motifs is 2. The molecule has 61 heavy (non-hydrogen) atoms. The third-order valence-corrected chi connectivity index (χ3v) is 13.6. The number of aryl methyl sites for hydroxylation is 1. The first-order chi connectivity index (χ1) is 29.3. The molecule has 0 atom stereocenters. The Bertz CT molecular complexity index is 2950. The van der Waals surface area contributed by atoms with Gasteiger partial charge in [0.05, 0.1) is 45.5 Å². The number of ether oxygens (including phenoxy) is 1. The van der Waals surface area contributed by atoms with E-state index in [-0.39, 0.29) is 45.7 Å². The SMILES string of the molecule is Cc1nc2cnc(N(C)C3CCN(C4CC(OC(F)F)C4)CC3)c(C#N)c2c(=O)n1CC#Cc1ccc(Cl)cc1-c1ccnc2c(C(=O)NS(=O)(=O)c3ccccn3)csc12. The van der Waals surface area contributed by atoms with Gasteiger partial charge in [0.15, 0.2) is 5.03 Å². The molecule has 19 heteroatoms. The van der Waals surface area contributed by atoms with Crippen LogP contribution in [-0.4, -0.2) is 88.7 Å². The molecule has 0 spiro atoms. The lowest BCUT2D eigenvalue weighted by molar-refractivity contribution is -0.194. The summed E-state index contributed by atoms with van der Waals surface area (Å²) in [6.07, 6.45) is 6.61. The third-order valence-electron chi connectivity index (χ3n) is 11.1. The van der Waals surface area contributed by atoms with E-state index >= 15 is 0 Å². The van der Waals surface area contributed by atoms with Crippen molar-refractivity contribution in [1.29, 1.82) is 5.26 Å². The molecule has 8 rings (SSSR count). The second kappa shape index (κ2) is 17.2. The number of piperidine rings is 1. The topological polar surface area (TPSA) is 176 Å². The number of amides is 1. The fourth-order valence-electron chi connectivity index (χ4n) is 7.88. The summed E-state index contributed by atoms with van der Waals surface area (Å²) in [5, 5.41) is 12.2. The number of aromatic nitrogens is 5. The number of likely N-dealkylation sites (tertiary alicyclic amines) is 1. The van der Waals surface area contributed by atoms with Gasteiger partial charge < -0.3 is 14.5 Å². The highest BCUT2D eigenvalue weighted by Gasteiger charge is 2.38. The number of rotatable bonds is 10. The highest BCUT2D eigenvalue weighted by atomic mass is 35.5. The number of alkyl halides is 2. The molecule has 14 nitrogen and oxygen atoms in total. The van der Waals surface area contributed by atoms with Crippen molar-refractivity contribution < 1.29 is 26.7 Å². The summed E-state index contributed by atoms with van der Waals surface area (Å²) in [5.74, 6) is 6.14. The second-order valence-electron chi connectivity index (χ2n) is 14.7. The summed E-state index contributed by atoms with van der Waals surface area (Å²) in [5.41, 5.74) is 2.15. The van der Waals surface area contributed by atoms with Gasteiger partial charge in [0.2, 0.25) is 0 Å². The van der Waals surface area contributed by atoms with Crippen molar-refractivity contribution in [3.05, 3.63) is 104 Å². The number of nitrogens with one attached hydrogen (secondary N) is 1. The average molecular weight is 884 g/mol. The van der Waals surface area contributed by atoms with Crippen LogP contribution >= 0.6 is 22.9 Å². The standard InChI is InChI=1S/C42H36ClF2N9O5S2/c1-24-50-34-22-49-39(52(2)27-11-16-53(17-12-27)28-19-29(20-28)59-42(44)45)32(21-46)36(34)41(56)54(24)15-5-6-25-8-9-26(43)18-31(25)30-10-14-48-37-33(23-60-38(30)37)40(55)51-61(57,58)35-7-3-4-13-47-35/h3-4,7-10,13-14,18,22-23,27-29,42H,11-12,15-17,19-20H2,1-2H3,(H,51,55). The number of carbonyl (C=O) groups is 1. The molecule has 2 fully saturated rings. The Hall–Kier alpha value is -5.89. The van der Waals surface area contributed by atoms with Crippen molar-refractivity contribution in [2.45, 2.75) is 69.0 Å². The van der Waals surface area contributed by atoms with Gasteiger partial charge in [-0.2, -0.15) is 22.5 Å². The van der Waals surface area contributed by atoms with Crippen LogP contribution in [0.2, 0.25) is 5.02 Å². The Morgan fingerprint density at radius 3 is 2.62 bits per heavy atom. The van der Waals surface area contributed by atoms with Gasteiger partial charge in [0.25, 0.3) is 21.5 Å². The average Bonchev–Trinajstić information content (AvgIpc) is 3.68. The zero-order valence-corrected chi connectivity index (χ0v) is 35.1. The van der Waals surface area contributed by atoms with Gasteiger partial charge in [-0.25, -0.2) is 19.7 Å². The van der Waals surface area contributed by atoms with Gasteiger partial charge in [-0.1, -0.05) is 29.5 Å². The van der Waals surface area contributed by atoms with Crippen LogP contribution in [0.1, 0.15) is 53.0 Å². The maximum Gasteiger partial charge on any atom is 0.345 e. The highest BCUT2D eigenvalue weighted by molar-refractivity contribution is 7.90. The van der Waals surface area contributed by atoms with Crippen molar-refractivity contribution in [3.63, 3.8) is 0 Å². The van der Waals surface area contributed by atoms with Crippen molar-refractivity contribution in [3.8, 4) is 29.0 Å². The van der Waals surface area contributed by atoms with Crippen LogP contribution in [0.4, 0.5) is 14.6 Å². The van der Waals surface area contributed by atoms with Crippen molar-refractivity contribution in [1.82, 2.24) is 34.1 Å². The van der Waals surface area contributed by atoms with Gasteiger partial charge in [0, 0.05) is 71.7 Å². The van der Waals surface area contributed by atoms with E-state index in [1.54, 1.807) is 37.3 Å². The van der Waals surface area contributed by atoms with Gasteiger partial charge in [-0.15, -0.1) is 11.3 Å². The Labute approximate surface area is 357 Å². The third kappa shape index (κ3) is 8.42. The Balaban J connectivity index is 1.04. The van der Waals surface area contributed by atoms with Crippen molar-refractivity contribution in [2.24, 2.45) is 0 Å². The van der Waals surface area contributed by atoms with Crippen molar-refractivity contribution in [2.75, 3.05) is 25.0 Å². The van der Waals surface area contributed by atoms with E-state index in [0.717, 1.165) is 25.9 Å². The van der Waals surface area contributed by atoms with Crippen LogP contribution in [0.15, 0.2) is 76.3 Å². The number of hydrogen-bond acceptors (Lipinski definition) is 13. The van der Waals surface area contributed by atoms with Crippen LogP contribution in [-0.2, 0) is 21.3 Å². The molecule has 1 aromatic carbocycles. The quantitative estimate of drug-likeness (QED) is 0.156. The molecule has 1 aliphatic carbocycles. The van der Waals surface area contributed by atoms with E-state index in [2.05, 4.69) is 52.2 Å². The molecule has 2 aliphatic rings. The lowest BCUT2D eigenvalue weighted by Crippen LogP contribution is -2.53. The van der Waals surface area contributed by atoms with Gasteiger partial charge in [-0.05, 0) is 69.0 Å². The fraction of sp³-hybridized carbons (Fsp3) is 0.310. The molecule has 1 amide bonds. The smallest absolute Gasteiger partial charge is 0.345 e. The van der Waals surface area contributed by atoms with E-state index < -0.39 is 34.2 Å². The summed E-state index contributed by atoms with van der Waals surface area (Å²) in [6.45, 7) is 0.378. The summed E-state index contributed by atoms with van der Waals surface area (Å²) in [7, 11) is -2.38. The summed E-state index contributed by atoms with van der Waals surface area (Å²) in [6, 6.07) is 13.7. The van der Waals surface area contributed by atoms with Crippen LogP contribution in [0.25, 0.3) is 32.2 Å². The van der Waals surface area contributed by atoms with Gasteiger partial charge in [0.1, 0.15) is 23.3 Å². The number of nitrogens with zero attached hydrogens (tertiary/aromatic N) is 8. The van der Waals surface area contributed by atoms with Crippen LogP contribution in [0.5, 0.6) is 0 Å². The molecule has 0 unspecified atom stereocenters. The highest BCUT2D eigenvalue weighted by Crippen LogP contribution is 2.37. The Morgan fingerprint density at radius 2 is 1.90 bits per heavy atom. The van der Waals surface area contributed by atoms with E-state index in [0.29, 0.717) is 56.4 Å². The number of thiophene rings is 1. The minimum atomic E-state index is -4.24. The molecule has 0 radical (unpaired) electrons. The fourth-order valence-corrected chi connectivity index (χ4v) is 10.00. The van der Waals surface area contributed by atoms with Crippen LogP contribution in [0, 0.1) is 30.1 Å². The zero-order valence-electron chi connectivity index (χ0n) is 32.7. The number of halogens is 3. The Kier molecular flexibility index (Phi) is 11.8. The Morgan fingerprint density at radius 1 is 1.11 bits per heavy atom. The predicted octanol–water partition coefficient (Wildman–Crippen LogP) is 6.14. The number of carbonyl (C=O) groups excluding carboxylic acids is 1. The molecule has 1 N–H and O–H groups in total. The number of anilines is 1. The first kappa shape index (κ1) is 41.8. The normalized spacial score (nSPS) is 17.1. The molecule has 0 bridgehead atoms. The number of sulfonamides is 1. The van der Waals surface area contributed by atoms with E-state index in [1.807, 2.05) is 11.9 Å². The number of pyridine rings is 3. The molecular formula is C42H36ClF2N9O5S2. The largest absolute Gasteiger partial charge is 0.355 e. The predicted molar refractivity (Wildman–Crippen MR) is 226 cm³/mol. The van der Waals surface area contributed by atoms with Gasteiger partial charge >= 0.3 is 6.61 Å². The van der Waals surface area contributed by atoms with Crippen LogP contribution < -0.4 is 15.2 Å². The monoisotopic (exact) mass is 883 g/mol. The lowest BCUT2D eigenvalue weighted by atomic mass is 9.86. The summed E-state index contributed by atoms with van der Waals surface area (Å²) >= 11 is 7.68. The number of nitriles is 1. The maximum atomic E-state index is 14.2. The molecule has 1 aliphatic heterocycles. The summed E-state index contributed by atoms with van der Waals surface area (Å²) < 4.78 is 59.6. The molecule has 312 valence electrons. The van der Waals surface area contributed by atoms with E-state index in [1.165, 1.54) is 52.0 Å². The number of benzene rings is 1. The first-order valence-corrected chi connectivity index (χ1v) is 21.9. The van der Waals surface area contributed by atoms with E-state index in [4.69, 9.17) is 11.6 Å². The minimum Gasteiger partial charge on any atom is -0.355 e. The molecule has 1 saturated carbocycles. The van der Waals surface area contributed by atoms with Crippen LogP contribution in [0.3, 0.4) is 0 Å². The minimum absolute atomic E-state index is 0.0365. The molecule has 5 aromatic heterocycles. The molecule has 6 heterocycles. The molecular weight excluding hydrogens is 848 g/mol. The second-order valence-corrected chi connectivity index (χ2v) is 17.6. The first-order valence-electron chi connectivity index (χ1n) is 19.2. The van der Waals surface area contributed by atoms with Crippen molar-refractivity contribution >= 4 is 65.8 Å². The molecule has 6 aromatic rings. The number of hydrogen-bond donors (Lipinski definition) is 1.